The van der Waals surface area contributed by atoms with E-state index in [1.54, 1.807) is 42.7 Å². The van der Waals surface area contributed by atoms with E-state index in [4.69, 9.17) is 27.9 Å². The second-order valence-corrected chi connectivity index (χ2v) is 8.29. The summed E-state index contributed by atoms with van der Waals surface area (Å²) >= 11 is 12.0. The lowest BCUT2D eigenvalue weighted by Gasteiger charge is -2.23. The molecule has 7 nitrogen and oxygen atoms in total. The Morgan fingerprint density at radius 2 is 1.90 bits per heavy atom. The van der Waals surface area contributed by atoms with Gasteiger partial charge in [-0.05, 0) is 48.7 Å². The number of rotatable bonds is 6. The number of nitrogens with zero attached hydrogens (tertiary/aromatic N) is 3. The molecule has 0 unspecified atom stereocenters. The van der Waals surface area contributed by atoms with E-state index < -0.39 is 6.10 Å². The smallest absolute Gasteiger partial charge is 0.251 e. The van der Waals surface area contributed by atoms with Crippen molar-refractivity contribution in [3.63, 3.8) is 0 Å². The zero-order valence-corrected chi connectivity index (χ0v) is 18.2. The number of benzene rings is 1. The minimum Gasteiger partial charge on any atom is -0.387 e. The van der Waals surface area contributed by atoms with Gasteiger partial charge in [0.2, 0.25) is 5.95 Å². The van der Waals surface area contributed by atoms with Gasteiger partial charge in [-0.15, -0.1) is 0 Å². The van der Waals surface area contributed by atoms with E-state index in [0.29, 0.717) is 32.8 Å². The molecule has 1 aromatic carbocycles. The highest BCUT2D eigenvalue weighted by molar-refractivity contribution is 6.34. The number of halogens is 2. The van der Waals surface area contributed by atoms with E-state index in [1.807, 2.05) is 0 Å². The highest BCUT2D eigenvalue weighted by Gasteiger charge is 2.15. The van der Waals surface area contributed by atoms with Crippen LogP contribution in [-0.4, -0.2) is 38.9 Å². The minimum absolute atomic E-state index is 0.0795. The number of pyridine rings is 1. The Balaban J connectivity index is 1.49. The fourth-order valence-electron chi connectivity index (χ4n) is 3.49. The van der Waals surface area contributed by atoms with Crippen LogP contribution in [0.4, 0.5) is 5.95 Å². The van der Waals surface area contributed by atoms with E-state index >= 15 is 0 Å². The van der Waals surface area contributed by atoms with Crippen LogP contribution in [0.25, 0.3) is 11.3 Å². The van der Waals surface area contributed by atoms with Gasteiger partial charge >= 0.3 is 0 Å². The number of aliphatic hydroxyl groups is 1. The molecule has 4 rings (SSSR count). The Hall–Kier alpha value is -2.45. The lowest BCUT2D eigenvalue weighted by Crippen LogP contribution is -2.28. The number of anilines is 1. The van der Waals surface area contributed by atoms with Crippen LogP contribution in [0.5, 0.6) is 0 Å². The van der Waals surface area contributed by atoms with Crippen molar-refractivity contribution in [1.82, 2.24) is 14.5 Å². The maximum atomic E-state index is 12.6. The van der Waals surface area contributed by atoms with Gasteiger partial charge < -0.3 is 19.7 Å². The van der Waals surface area contributed by atoms with Crippen molar-refractivity contribution >= 4 is 29.2 Å². The minimum atomic E-state index is -0.922. The average Bonchev–Trinajstić information content (AvgIpc) is 2.75. The molecule has 1 fully saturated rings. The zero-order chi connectivity index (χ0) is 21.8. The molecular weight excluding hydrogens is 439 g/mol. The fourth-order valence-corrected chi connectivity index (χ4v) is 4.03. The highest BCUT2D eigenvalue weighted by atomic mass is 35.5. The van der Waals surface area contributed by atoms with Crippen LogP contribution >= 0.6 is 23.2 Å². The zero-order valence-electron chi connectivity index (χ0n) is 16.7. The van der Waals surface area contributed by atoms with E-state index in [1.165, 1.54) is 10.6 Å². The molecule has 2 N–H and O–H groups in total. The molecular formula is C22H22Cl2N4O3. The van der Waals surface area contributed by atoms with Crippen LogP contribution in [0.15, 0.2) is 53.6 Å². The summed E-state index contributed by atoms with van der Waals surface area (Å²) in [5.74, 6) is 0.529. The van der Waals surface area contributed by atoms with Gasteiger partial charge in [0.05, 0.1) is 18.3 Å². The topological polar surface area (TPSA) is 89.3 Å². The van der Waals surface area contributed by atoms with Crippen molar-refractivity contribution in [2.45, 2.75) is 31.5 Å². The third-order valence-corrected chi connectivity index (χ3v) is 5.58. The molecule has 162 valence electrons. The van der Waals surface area contributed by atoms with Crippen molar-refractivity contribution < 1.29 is 9.84 Å². The summed E-state index contributed by atoms with van der Waals surface area (Å²) < 4.78 is 6.81. The van der Waals surface area contributed by atoms with E-state index in [2.05, 4.69) is 15.3 Å². The fraction of sp³-hybridized carbons (Fsp3) is 0.318. The molecule has 1 atom stereocenters. The molecule has 31 heavy (non-hydrogen) atoms. The SMILES string of the molecule is O=c1cc(-c2ccnc(NC3CCOCC3)n2)ccn1C[C@@H](O)c1cc(Cl)cc(Cl)c1. The van der Waals surface area contributed by atoms with Crippen LogP contribution < -0.4 is 10.9 Å². The molecule has 9 heteroatoms. The summed E-state index contributed by atoms with van der Waals surface area (Å²) in [6.07, 6.45) is 4.20. The van der Waals surface area contributed by atoms with Crippen LogP contribution in [-0.2, 0) is 11.3 Å². The van der Waals surface area contributed by atoms with Gasteiger partial charge in [-0.3, -0.25) is 4.79 Å². The van der Waals surface area contributed by atoms with Crippen LogP contribution in [0.2, 0.25) is 10.0 Å². The summed E-state index contributed by atoms with van der Waals surface area (Å²) in [6, 6.07) is 10.2. The Labute approximate surface area is 189 Å². The van der Waals surface area contributed by atoms with Crippen molar-refractivity contribution in [3.8, 4) is 11.3 Å². The van der Waals surface area contributed by atoms with Crippen LogP contribution in [0, 0.1) is 0 Å². The standard InChI is InChI=1S/C22H22Cl2N4O3/c23-16-9-15(10-17(24)12-16)20(29)13-28-6-2-14(11-21(28)30)19-1-5-25-22(27-19)26-18-3-7-31-8-4-18/h1-2,5-6,9-12,18,20,29H,3-4,7-8,13H2,(H,25,26,27)/t20-/m1/s1. The van der Waals surface area contributed by atoms with Gasteiger partial charge in [-0.2, -0.15) is 0 Å². The number of aliphatic hydroxyl groups excluding tert-OH is 1. The van der Waals surface area contributed by atoms with Gasteiger partial charge in [0.25, 0.3) is 5.56 Å². The van der Waals surface area contributed by atoms with E-state index in [0.717, 1.165) is 26.1 Å². The summed E-state index contributed by atoms with van der Waals surface area (Å²) in [6.45, 7) is 1.53. The summed E-state index contributed by atoms with van der Waals surface area (Å²) in [7, 11) is 0. The molecule has 0 aliphatic carbocycles. The molecule has 1 aliphatic heterocycles. The second-order valence-electron chi connectivity index (χ2n) is 7.42. The van der Waals surface area contributed by atoms with Crippen molar-refractivity contribution in [1.29, 1.82) is 0 Å². The largest absolute Gasteiger partial charge is 0.387 e. The number of hydrogen-bond donors (Lipinski definition) is 2. The maximum absolute atomic E-state index is 12.6. The highest BCUT2D eigenvalue weighted by Crippen LogP contribution is 2.24. The second kappa shape index (κ2) is 9.78. The number of aromatic nitrogens is 3. The lowest BCUT2D eigenvalue weighted by molar-refractivity contribution is 0.0903. The third-order valence-electron chi connectivity index (χ3n) is 5.14. The number of ether oxygens (including phenoxy) is 1. The van der Waals surface area contributed by atoms with Crippen LogP contribution in [0.3, 0.4) is 0 Å². The molecule has 0 radical (unpaired) electrons. The predicted octanol–water partition coefficient (Wildman–Crippen LogP) is 3.94. The van der Waals surface area contributed by atoms with Gasteiger partial charge in [0, 0.05) is 53.3 Å². The quantitative estimate of drug-likeness (QED) is 0.578. The monoisotopic (exact) mass is 460 g/mol. The first kappa shape index (κ1) is 21.8. The number of hydrogen-bond acceptors (Lipinski definition) is 6. The molecule has 0 amide bonds. The summed E-state index contributed by atoms with van der Waals surface area (Å²) in [4.78, 5) is 21.5. The molecule has 1 saturated heterocycles. The van der Waals surface area contributed by atoms with E-state index in [9.17, 15) is 9.90 Å². The van der Waals surface area contributed by atoms with Crippen LogP contribution in [0.1, 0.15) is 24.5 Å². The van der Waals surface area contributed by atoms with Crippen molar-refractivity contribution in [3.05, 3.63) is 74.8 Å². The Kier molecular flexibility index (Phi) is 6.87. The Morgan fingerprint density at radius 1 is 1.16 bits per heavy atom. The van der Waals surface area contributed by atoms with Gasteiger partial charge in [0.15, 0.2) is 0 Å². The molecule has 1 aliphatic rings. The Morgan fingerprint density at radius 3 is 2.61 bits per heavy atom. The summed E-state index contributed by atoms with van der Waals surface area (Å²) in [5.41, 5.74) is 1.63. The molecule has 0 saturated carbocycles. The first-order chi connectivity index (χ1) is 15.0. The first-order valence-electron chi connectivity index (χ1n) is 10.0. The van der Waals surface area contributed by atoms with Crippen molar-refractivity contribution in [2.24, 2.45) is 0 Å². The maximum Gasteiger partial charge on any atom is 0.251 e. The average molecular weight is 461 g/mol. The third kappa shape index (κ3) is 5.62. The van der Waals surface area contributed by atoms with Crippen molar-refractivity contribution in [2.75, 3.05) is 18.5 Å². The van der Waals surface area contributed by atoms with Gasteiger partial charge in [-0.1, -0.05) is 23.2 Å². The van der Waals surface area contributed by atoms with E-state index in [-0.39, 0.29) is 18.1 Å². The number of nitrogens with one attached hydrogen (secondary N) is 1. The molecule has 0 spiro atoms. The normalized spacial score (nSPS) is 15.6. The van der Waals surface area contributed by atoms with Gasteiger partial charge in [-0.25, -0.2) is 9.97 Å². The lowest BCUT2D eigenvalue weighted by atomic mass is 10.1. The summed E-state index contributed by atoms with van der Waals surface area (Å²) in [5, 5.41) is 14.7. The molecule has 0 bridgehead atoms. The Bertz CT molecular complexity index is 1100. The molecule has 2 aromatic heterocycles. The van der Waals surface area contributed by atoms with Gasteiger partial charge in [0.1, 0.15) is 0 Å². The first-order valence-corrected chi connectivity index (χ1v) is 10.8. The molecule has 3 aromatic rings. The molecule has 3 heterocycles. The predicted molar refractivity (Wildman–Crippen MR) is 121 cm³/mol.